The van der Waals surface area contributed by atoms with E-state index in [0.717, 1.165) is 22.0 Å². The van der Waals surface area contributed by atoms with E-state index in [-0.39, 0.29) is 5.02 Å². The van der Waals surface area contributed by atoms with Gasteiger partial charge in [-0.25, -0.2) is 24.3 Å². The summed E-state index contributed by atoms with van der Waals surface area (Å²) in [6.07, 6.45) is 3.36. The fourth-order valence-electron chi connectivity index (χ4n) is 4.06. The molecular weight excluding hydrogens is 493 g/mol. The number of rotatable bonds is 6. The molecule has 0 fully saturated rings. The van der Waals surface area contributed by atoms with Crippen LogP contribution >= 0.6 is 11.6 Å². The third-order valence-corrected chi connectivity index (χ3v) is 6.08. The predicted molar refractivity (Wildman–Crippen MR) is 143 cm³/mol. The van der Waals surface area contributed by atoms with Gasteiger partial charge in [0.05, 0.1) is 27.3 Å². The fraction of sp³-hybridized carbons (Fsp3) is 0.0370. The largest absolute Gasteiger partial charge is 0.438 e. The number of pyridine rings is 1. The molecule has 0 bridgehead atoms. The summed E-state index contributed by atoms with van der Waals surface area (Å²) in [5, 5.41) is 8.04. The van der Waals surface area contributed by atoms with Crippen molar-refractivity contribution >= 4 is 51.0 Å². The van der Waals surface area contributed by atoms with E-state index in [1.165, 1.54) is 12.1 Å². The van der Waals surface area contributed by atoms with Gasteiger partial charge in [0.15, 0.2) is 0 Å². The average Bonchev–Trinajstić information content (AvgIpc) is 3.31. The molecule has 3 N–H and O–H groups in total. The summed E-state index contributed by atoms with van der Waals surface area (Å²) >= 11 is 5.91. The number of nitrogens with zero attached hydrogens (tertiary/aromatic N) is 4. The number of imidazole rings is 1. The van der Waals surface area contributed by atoms with Crippen molar-refractivity contribution in [1.82, 2.24) is 24.9 Å². The highest BCUT2D eigenvalue weighted by molar-refractivity contribution is 6.31. The molecule has 0 radical (unpaired) electrons. The van der Waals surface area contributed by atoms with Gasteiger partial charge in [0.1, 0.15) is 11.6 Å². The van der Waals surface area contributed by atoms with E-state index in [2.05, 4.69) is 35.6 Å². The van der Waals surface area contributed by atoms with Crippen LogP contribution in [0.4, 0.5) is 22.0 Å². The molecule has 6 aromatic rings. The molecule has 0 aliphatic heterocycles. The summed E-state index contributed by atoms with van der Waals surface area (Å²) in [5.41, 5.74) is 3.33. The summed E-state index contributed by atoms with van der Waals surface area (Å²) in [4.78, 5) is 20.7. The number of hydrogen-bond donors (Lipinski definition) is 3. The lowest BCUT2D eigenvalue weighted by molar-refractivity contribution is 0.470. The highest BCUT2D eigenvalue weighted by Crippen LogP contribution is 2.37. The van der Waals surface area contributed by atoms with E-state index >= 15 is 0 Å². The number of ether oxygens (including phenoxy) is 1. The molecule has 3 heterocycles. The fourth-order valence-corrected chi connectivity index (χ4v) is 4.23. The standard InChI is InChI=1S/C27H19ClFN7O/c1-30-26-32-12-10-21(33-26)17-7-4-11-31-25(17)37-24-9-8-20(15-5-2-3-6-16(15)24)34-27-35-22-13-18(28)19(29)14-23(22)36-27/h2-14H,1H3,(H,30,32,33)(H2,34,35,36). The lowest BCUT2D eigenvalue weighted by Crippen LogP contribution is -1.99. The maximum absolute atomic E-state index is 13.9. The van der Waals surface area contributed by atoms with Crippen LogP contribution in [0.25, 0.3) is 33.1 Å². The van der Waals surface area contributed by atoms with E-state index in [4.69, 9.17) is 16.3 Å². The van der Waals surface area contributed by atoms with Gasteiger partial charge in [0.25, 0.3) is 0 Å². The minimum atomic E-state index is -0.516. The molecule has 0 atom stereocenters. The number of hydrogen-bond acceptors (Lipinski definition) is 7. The lowest BCUT2D eigenvalue weighted by Gasteiger charge is -2.14. The number of H-pyrrole nitrogens is 1. The monoisotopic (exact) mass is 511 g/mol. The van der Waals surface area contributed by atoms with Gasteiger partial charge in [-0.05, 0) is 36.4 Å². The molecule has 0 aliphatic rings. The van der Waals surface area contributed by atoms with Gasteiger partial charge in [0, 0.05) is 42.0 Å². The predicted octanol–water partition coefficient (Wildman–Crippen LogP) is 6.94. The molecule has 37 heavy (non-hydrogen) atoms. The van der Waals surface area contributed by atoms with E-state index in [0.29, 0.717) is 40.3 Å². The molecular formula is C27H19ClFN7O. The van der Waals surface area contributed by atoms with Gasteiger partial charge >= 0.3 is 0 Å². The maximum atomic E-state index is 13.9. The molecule has 6 rings (SSSR count). The molecule has 3 aromatic carbocycles. The Labute approximate surface area is 215 Å². The summed E-state index contributed by atoms with van der Waals surface area (Å²) in [6, 6.07) is 19.9. The Morgan fingerprint density at radius 1 is 0.919 bits per heavy atom. The third-order valence-electron chi connectivity index (χ3n) is 5.79. The Balaban J connectivity index is 1.37. The van der Waals surface area contributed by atoms with Gasteiger partial charge in [0.2, 0.25) is 17.8 Å². The zero-order chi connectivity index (χ0) is 25.4. The molecule has 10 heteroatoms. The van der Waals surface area contributed by atoms with E-state index < -0.39 is 5.82 Å². The zero-order valence-corrected chi connectivity index (χ0v) is 20.2. The smallest absolute Gasteiger partial charge is 0.228 e. The van der Waals surface area contributed by atoms with Gasteiger partial charge in [-0.15, -0.1) is 0 Å². The van der Waals surface area contributed by atoms with Crippen molar-refractivity contribution in [2.75, 3.05) is 17.7 Å². The Morgan fingerprint density at radius 3 is 2.65 bits per heavy atom. The number of halogens is 2. The van der Waals surface area contributed by atoms with Crippen LogP contribution in [0, 0.1) is 5.82 Å². The van der Waals surface area contributed by atoms with Crippen LogP contribution in [-0.2, 0) is 0 Å². The van der Waals surface area contributed by atoms with Crippen molar-refractivity contribution in [3.8, 4) is 22.9 Å². The van der Waals surface area contributed by atoms with Gasteiger partial charge in [-0.3, -0.25) is 0 Å². The Kier molecular flexibility index (Phi) is 5.74. The summed E-state index contributed by atoms with van der Waals surface area (Å²) in [7, 11) is 1.76. The zero-order valence-electron chi connectivity index (χ0n) is 19.5. The number of benzene rings is 3. The third kappa shape index (κ3) is 4.36. The van der Waals surface area contributed by atoms with Crippen molar-refractivity contribution in [3.05, 3.63) is 90.0 Å². The molecule has 0 saturated carbocycles. The van der Waals surface area contributed by atoms with Crippen LogP contribution in [0.1, 0.15) is 0 Å². The molecule has 0 unspecified atom stereocenters. The Bertz CT molecular complexity index is 1730. The second-order valence-electron chi connectivity index (χ2n) is 8.12. The number of anilines is 3. The first-order chi connectivity index (χ1) is 18.1. The van der Waals surface area contributed by atoms with Gasteiger partial charge < -0.3 is 20.4 Å². The second-order valence-corrected chi connectivity index (χ2v) is 8.53. The van der Waals surface area contributed by atoms with Crippen molar-refractivity contribution in [3.63, 3.8) is 0 Å². The SMILES string of the molecule is CNc1nccc(-c2cccnc2Oc2ccc(Nc3nc4cc(F)c(Cl)cc4[nH]3)c3ccccc23)n1. The van der Waals surface area contributed by atoms with Crippen LogP contribution in [0.3, 0.4) is 0 Å². The van der Waals surface area contributed by atoms with E-state index in [1.54, 1.807) is 19.4 Å². The van der Waals surface area contributed by atoms with E-state index in [1.807, 2.05) is 54.6 Å². The summed E-state index contributed by atoms with van der Waals surface area (Å²) < 4.78 is 20.2. The summed E-state index contributed by atoms with van der Waals surface area (Å²) in [5.74, 6) is 1.50. The van der Waals surface area contributed by atoms with Crippen molar-refractivity contribution in [2.24, 2.45) is 0 Å². The van der Waals surface area contributed by atoms with Crippen molar-refractivity contribution in [1.29, 1.82) is 0 Å². The maximum Gasteiger partial charge on any atom is 0.228 e. The molecule has 182 valence electrons. The van der Waals surface area contributed by atoms with Gasteiger partial charge in [-0.2, -0.15) is 0 Å². The molecule has 0 aliphatic carbocycles. The number of aromatic amines is 1. The lowest BCUT2D eigenvalue weighted by atomic mass is 10.1. The number of fused-ring (bicyclic) bond motifs is 2. The van der Waals surface area contributed by atoms with Crippen LogP contribution in [0.2, 0.25) is 5.02 Å². The first-order valence-corrected chi connectivity index (χ1v) is 11.7. The molecule has 8 nitrogen and oxygen atoms in total. The highest BCUT2D eigenvalue weighted by Gasteiger charge is 2.15. The summed E-state index contributed by atoms with van der Waals surface area (Å²) in [6.45, 7) is 0. The normalized spacial score (nSPS) is 11.1. The number of nitrogens with one attached hydrogen (secondary N) is 3. The topological polar surface area (TPSA) is 101 Å². The first kappa shape index (κ1) is 22.7. The van der Waals surface area contributed by atoms with Crippen LogP contribution in [0.15, 0.2) is 79.1 Å². The Hall–Kier alpha value is -4.76. The number of aromatic nitrogens is 5. The first-order valence-electron chi connectivity index (χ1n) is 11.4. The molecule has 0 spiro atoms. The van der Waals surface area contributed by atoms with E-state index in [9.17, 15) is 4.39 Å². The minimum Gasteiger partial charge on any atom is -0.438 e. The minimum absolute atomic E-state index is 0.0349. The quantitative estimate of drug-likeness (QED) is 0.223. The molecule has 3 aromatic heterocycles. The van der Waals surface area contributed by atoms with Crippen LogP contribution in [-0.4, -0.2) is 32.0 Å². The van der Waals surface area contributed by atoms with Gasteiger partial charge in [-0.1, -0.05) is 35.9 Å². The Morgan fingerprint density at radius 2 is 1.78 bits per heavy atom. The second kappa shape index (κ2) is 9.36. The van der Waals surface area contributed by atoms with Crippen LogP contribution < -0.4 is 15.4 Å². The van der Waals surface area contributed by atoms with Crippen molar-refractivity contribution < 1.29 is 9.13 Å². The molecule has 0 amide bonds. The van der Waals surface area contributed by atoms with Crippen LogP contribution in [0.5, 0.6) is 11.6 Å². The molecule has 0 saturated heterocycles. The highest BCUT2D eigenvalue weighted by atomic mass is 35.5. The van der Waals surface area contributed by atoms with Crippen molar-refractivity contribution in [2.45, 2.75) is 0 Å². The average molecular weight is 512 g/mol.